The molecule has 0 saturated heterocycles. The maximum atomic E-state index is 10.9. The third kappa shape index (κ3) is 2.97. The van der Waals surface area contributed by atoms with Crippen molar-refractivity contribution in [3.8, 4) is 5.75 Å². The highest BCUT2D eigenvalue weighted by Crippen LogP contribution is 2.48. The summed E-state index contributed by atoms with van der Waals surface area (Å²) in [4.78, 5) is 10.9. The Morgan fingerprint density at radius 2 is 1.94 bits per heavy atom. The van der Waals surface area contributed by atoms with Crippen molar-refractivity contribution >= 4 is 5.91 Å². The van der Waals surface area contributed by atoms with Crippen LogP contribution in [-0.2, 0) is 0 Å². The second-order valence-electron chi connectivity index (χ2n) is 4.72. The zero-order valence-corrected chi connectivity index (χ0v) is 9.82. The summed E-state index contributed by atoms with van der Waals surface area (Å²) in [5.74, 6) is 0.358. The Morgan fingerprint density at radius 3 is 2.41 bits per heavy atom. The molecule has 0 unspecified atom stereocenters. The van der Waals surface area contributed by atoms with Crippen LogP contribution in [0.15, 0.2) is 24.3 Å². The first-order chi connectivity index (χ1) is 8.15. The smallest absolute Gasteiger partial charge is 0.248 e. The lowest BCUT2D eigenvalue weighted by Crippen LogP contribution is -2.17. The predicted molar refractivity (Wildman–Crippen MR) is 65.8 cm³/mol. The third-order valence-corrected chi connectivity index (χ3v) is 3.32. The van der Waals surface area contributed by atoms with E-state index in [9.17, 15) is 4.79 Å². The monoisotopic (exact) mass is 234 g/mol. The molecule has 1 saturated carbocycles. The summed E-state index contributed by atoms with van der Waals surface area (Å²) < 4.78 is 5.71. The van der Waals surface area contributed by atoms with Crippen molar-refractivity contribution in [2.24, 2.45) is 16.9 Å². The number of benzene rings is 1. The molecule has 1 aromatic carbocycles. The number of amides is 1. The average molecular weight is 234 g/mol. The van der Waals surface area contributed by atoms with E-state index in [0.717, 1.165) is 12.2 Å². The van der Waals surface area contributed by atoms with Gasteiger partial charge in [0.05, 0.1) is 6.61 Å². The van der Waals surface area contributed by atoms with Crippen molar-refractivity contribution in [1.29, 1.82) is 0 Å². The van der Waals surface area contributed by atoms with E-state index in [4.69, 9.17) is 16.2 Å². The summed E-state index contributed by atoms with van der Waals surface area (Å²) in [5.41, 5.74) is 11.5. The molecule has 0 aromatic heterocycles. The van der Waals surface area contributed by atoms with Crippen LogP contribution < -0.4 is 16.2 Å². The number of ether oxygens (including phenoxy) is 1. The Labute approximate surface area is 101 Å². The number of primary amides is 1. The minimum Gasteiger partial charge on any atom is -0.493 e. The number of nitrogens with two attached hydrogens (primary N) is 2. The number of hydrogen-bond donors (Lipinski definition) is 2. The third-order valence-electron chi connectivity index (χ3n) is 3.32. The summed E-state index contributed by atoms with van der Waals surface area (Å²) in [6, 6.07) is 6.91. The lowest BCUT2D eigenvalue weighted by Gasteiger charge is -2.15. The topological polar surface area (TPSA) is 78.3 Å². The highest BCUT2D eigenvalue weighted by atomic mass is 16.5. The van der Waals surface area contributed by atoms with E-state index in [1.807, 2.05) is 0 Å². The van der Waals surface area contributed by atoms with Crippen molar-refractivity contribution < 1.29 is 9.53 Å². The number of rotatable bonds is 6. The maximum Gasteiger partial charge on any atom is 0.248 e. The van der Waals surface area contributed by atoms with Gasteiger partial charge in [0.1, 0.15) is 5.75 Å². The van der Waals surface area contributed by atoms with Crippen LogP contribution in [0.3, 0.4) is 0 Å². The van der Waals surface area contributed by atoms with E-state index in [1.165, 1.54) is 12.8 Å². The van der Waals surface area contributed by atoms with Gasteiger partial charge in [-0.3, -0.25) is 4.79 Å². The first kappa shape index (κ1) is 11.9. The van der Waals surface area contributed by atoms with Crippen LogP contribution in [0.4, 0.5) is 0 Å². The molecule has 92 valence electrons. The second-order valence-corrected chi connectivity index (χ2v) is 4.72. The van der Waals surface area contributed by atoms with E-state index in [-0.39, 0.29) is 0 Å². The molecule has 4 N–H and O–H groups in total. The lowest BCUT2D eigenvalue weighted by atomic mass is 10.0. The van der Waals surface area contributed by atoms with Gasteiger partial charge in [0.15, 0.2) is 0 Å². The van der Waals surface area contributed by atoms with Crippen molar-refractivity contribution in [2.45, 2.75) is 19.3 Å². The first-order valence-corrected chi connectivity index (χ1v) is 5.88. The number of carbonyl (C=O) groups is 1. The molecule has 0 spiro atoms. The molecule has 17 heavy (non-hydrogen) atoms. The number of carbonyl (C=O) groups excluding carboxylic acids is 1. The molecule has 1 aromatic rings. The van der Waals surface area contributed by atoms with Crippen LogP contribution in [0.25, 0.3) is 0 Å². The fraction of sp³-hybridized carbons (Fsp3) is 0.462. The molecule has 0 bridgehead atoms. The molecule has 0 radical (unpaired) electrons. The van der Waals surface area contributed by atoms with Crippen LogP contribution in [0.5, 0.6) is 5.75 Å². The molecule has 0 atom stereocenters. The molecular formula is C13H18N2O2. The molecule has 0 heterocycles. The zero-order valence-electron chi connectivity index (χ0n) is 9.82. The number of hydrogen-bond acceptors (Lipinski definition) is 3. The van der Waals surface area contributed by atoms with E-state index in [2.05, 4.69) is 0 Å². The van der Waals surface area contributed by atoms with Crippen LogP contribution in [0.1, 0.15) is 29.6 Å². The standard InChI is InChI=1S/C13H18N2O2/c14-8-7-13(5-6-13)9-17-11-3-1-10(2-4-11)12(15)16/h1-4H,5-9,14H2,(H2,15,16). The fourth-order valence-corrected chi connectivity index (χ4v) is 1.90. The Morgan fingerprint density at radius 1 is 1.29 bits per heavy atom. The molecule has 0 aliphatic heterocycles. The highest BCUT2D eigenvalue weighted by Gasteiger charge is 2.42. The fourth-order valence-electron chi connectivity index (χ4n) is 1.90. The zero-order chi connectivity index (χ0) is 12.3. The molecule has 1 fully saturated rings. The van der Waals surface area contributed by atoms with Gasteiger partial charge in [-0.1, -0.05) is 0 Å². The van der Waals surface area contributed by atoms with Gasteiger partial charge in [0, 0.05) is 11.0 Å². The van der Waals surface area contributed by atoms with Crippen LogP contribution >= 0.6 is 0 Å². The van der Waals surface area contributed by atoms with E-state index >= 15 is 0 Å². The van der Waals surface area contributed by atoms with Crippen molar-refractivity contribution in [2.75, 3.05) is 13.2 Å². The van der Waals surface area contributed by atoms with Gasteiger partial charge in [-0.15, -0.1) is 0 Å². The van der Waals surface area contributed by atoms with Crippen LogP contribution in [0, 0.1) is 5.41 Å². The SMILES string of the molecule is NCCC1(COc2ccc(C(N)=O)cc2)CC1. The van der Waals surface area contributed by atoms with Gasteiger partial charge in [0.2, 0.25) is 5.91 Å². The van der Waals surface area contributed by atoms with E-state index in [0.29, 0.717) is 24.1 Å². The Kier molecular flexibility index (Phi) is 3.33. The summed E-state index contributed by atoms with van der Waals surface area (Å²) in [6.45, 7) is 1.42. The Bertz CT molecular complexity index is 396. The molecule has 2 rings (SSSR count). The summed E-state index contributed by atoms with van der Waals surface area (Å²) in [7, 11) is 0. The van der Waals surface area contributed by atoms with Gasteiger partial charge < -0.3 is 16.2 Å². The predicted octanol–water partition coefficient (Wildman–Crippen LogP) is 1.29. The summed E-state index contributed by atoms with van der Waals surface area (Å²) in [5, 5.41) is 0. The van der Waals surface area contributed by atoms with Gasteiger partial charge in [-0.25, -0.2) is 0 Å². The lowest BCUT2D eigenvalue weighted by molar-refractivity contribution is 0.1000. The van der Waals surface area contributed by atoms with Crippen molar-refractivity contribution in [3.05, 3.63) is 29.8 Å². The summed E-state index contributed by atoms with van der Waals surface area (Å²) in [6.07, 6.45) is 3.42. The van der Waals surface area contributed by atoms with Crippen molar-refractivity contribution in [1.82, 2.24) is 0 Å². The largest absolute Gasteiger partial charge is 0.493 e. The minimum absolute atomic E-state index is 0.303. The van der Waals surface area contributed by atoms with Gasteiger partial charge in [-0.2, -0.15) is 0 Å². The Balaban J connectivity index is 1.89. The van der Waals surface area contributed by atoms with Crippen LogP contribution in [0.2, 0.25) is 0 Å². The van der Waals surface area contributed by atoms with Gasteiger partial charge >= 0.3 is 0 Å². The highest BCUT2D eigenvalue weighted by molar-refractivity contribution is 5.92. The molecular weight excluding hydrogens is 216 g/mol. The quantitative estimate of drug-likeness (QED) is 0.778. The molecule has 1 aliphatic rings. The van der Waals surface area contributed by atoms with Crippen LogP contribution in [-0.4, -0.2) is 19.1 Å². The normalized spacial score (nSPS) is 16.5. The van der Waals surface area contributed by atoms with Crippen molar-refractivity contribution in [3.63, 3.8) is 0 Å². The summed E-state index contributed by atoms with van der Waals surface area (Å²) >= 11 is 0. The van der Waals surface area contributed by atoms with E-state index < -0.39 is 5.91 Å². The van der Waals surface area contributed by atoms with Gasteiger partial charge in [-0.05, 0) is 50.1 Å². The first-order valence-electron chi connectivity index (χ1n) is 5.88. The second kappa shape index (κ2) is 4.75. The average Bonchev–Trinajstić information content (AvgIpc) is 3.08. The molecule has 4 nitrogen and oxygen atoms in total. The Hall–Kier alpha value is -1.55. The maximum absolute atomic E-state index is 10.9. The molecule has 1 amide bonds. The molecule has 4 heteroatoms. The van der Waals surface area contributed by atoms with E-state index in [1.54, 1.807) is 24.3 Å². The minimum atomic E-state index is -0.418. The molecule has 1 aliphatic carbocycles. The van der Waals surface area contributed by atoms with Gasteiger partial charge in [0.25, 0.3) is 0 Å².